The number of nitrogens with zero attached hydrogens (tertiary/aromatic N) is 2. The van der Waals surface area contributed by atoms with E-state index in [-0.39, 0.29) is 0 Å². The fourth-order valence-corrected chi connectivity index (χ4v) is 7.56. The van der Waals surface area contributed by atoms with Crippen LogP contribution in [0.5, 0.6) is 11.5 Å². The lowest BCUT2D eigenvalue weighted by Gasteiger charge is -2.26. The average molecular weight is 805 g/mol. The van der Waals surface area contributed by atoms with Crippen LogP contribution in [0.1, 0.15) is 61.1 Å². The number of aliphatic hydroxyl groups excluding tert-OH is 2. The Kier molecular flexibility index (Phi) is 15.3. The molecule has 0 amide bonds. The smallest absolute Gasteiger partial charge is 0.343 e. The molecule has 0 fully saturated rings. The molecular weight excluding hydrogens is 749 g/mol. The number of ether oxygens (including phenoxy) is 2. The number of carbonyl (C=O) groups excluding carboxylic acids is 2. The van der Waals surface area contributed by atoms with Gasteiger partial charge in [0.15, 0.2) is 12.2 Å². The molecule has 6 aromatic rings. The van der Waals surface area contributed by atoms with Gasteiger partial charge in [-0.05, 0) is 120 Å². The van der Waals surface area contributed by atoms with Gasteiger partial charge in [0.05, 0.1) is 0 Å². The molecule has 310 valence electrons. The SMILES string of the molecule is CCc1cc(CCN(c2ccccc2)c2ccccc2)cc(CC)c1OC(=O)C(O)C(O)C(=O)Oc1c(CC)cc(CCN(c2ccccc2)c2ccccc2)cc1CC. The van der Waals surface area contributed by atoms with Gasteiger partial charge in [0.1, 0.15) is 11.5 Å². The fourth-order valence-electron chi connectivity index (χ4n) is 7.56. The van der Waals surface area contributed by atoms with Gasteiger partial charge in [-0.3, -0.25) is 0 Å². The molecule has 6 rings (SSSR count). The number of benzene rings is 6. The second kappa shape index (κ2) is 21.2. The Morgan fingerprint density at radius 3 is 0.933 bits per heavy atom. The highest BCUT2D eigenvalue weighted by atomic mass is 16.6. The Morgan fingerprint density at radius 2 is 0.700 bits per heavy atom. The lowest BCUT2D eigenvalue weighted by atomic mass is 9.98. The first-order valence-corrected chi connectivity index (χ1v) is 21.1. The van der Waals surface area contributed by atoms with Crippen LogP contribution in [0.4, 0.5) is 22.7 Å². The molecule has 8 nitrogen and oxygen atoms in total. The predicted octanol–water partition coefficient (Wildman–Crippen LogP) is 9.93. The number of para-hydroxylation sites is 4. The first kappa shape index (κ1) is 43.4. The number of aryl methyl sites for hydroxylation is 4. The maximum atomic E-state index is 13.4. The highest BCUT2D eigenvalue weighted by Gasteiger charge is 2.35. The highest BCUT2D eigenvalue weighted by molar-refractivity contribution is 5.88. The summed E-state index contributed by atoms with van der Waals surface area (Å²) >= 11 is 0. The number of carbonyl (C=O) groups is 2. The molecule has 0 saturated carbocycles. The van der Waals surface area contributed by atoms with E-state index in [9.17, 15) is 19.8 Å². The van der Waals surface area contributed by atoms with Crippen molar-refractivity contribution in [2.75, 3.05) is 22.9 Å². The zero-order chi connectivity index (χ0) is 42.4. The van der Waals surface area contributed by atoms with Crippen molar-refractivity contribution >= 4 is 34.7 Å². The van der Waals surface area contributed by atoms with Crippen molar-refractivity contribution in [2.24, 2.45) is 0 Å². The number of esters is 2. The molecule has 0 bridgehead atoms. The predicted molar refractivity (Wildman–Crippen MR) is 241 cm³/mol. The van der Waals surface area contributed by atoms with E-state index in [1.807, 2.05) is 125 Å². The van der Waals surface area contributed by atoms with E-state index < -0.39 is 24.1 Å². The van der Waals surface area contributed by atoms with E-state index >= 15 is 0 Å². The monoisotopic (exact) mass is 804 g/mol. The van der Waals surface area contributed by atoms with E-state index in [2.05, 4.69) is 58.3 Å². The largest absolute Gasteiger partial charge is 0.424 e. The standard InChI is InChI=1S/C52H56N2O6/c1-5-39-33-37(29-31-53(43-21-13-9-14-22-43)44-23-15-10-16-24-44)34-40(6-2)49(39)59-51(57)47(55)48(56)52(58)60-50-41(7-3)35-38(36-42(50)8-4)30-32-54(45-25-17-11-18-26-45)46-27-19-12-20-28-46/h9-28,33-36,47-48,55-56H,5-8,29-32H2,1-4H3. The van der Waals surface area contributed by atoms with Gasteiger partial charge < -0.3 is 29.5 Å². The van der Waals surface area contributed by atoms with E-state index in [4.69, 9.17) is 9.47 Å². The van der Waals surface area contributed by atoms with Crippen LogP contribution in [0, 0.1) is 0 Å². The van der Waals surface area contributed by atoms with Crippen molar-refractivity contribution in [1.29, 1.82) is 0 Å². The van der Waals surface area contributed by atoms with Crippen molar-refractivity contribution in [2.45, 2.75) is 78.4 Å². The Balaban J connectivity index is 1.13. The summed E-state index contributed by atoms with van der Waals surface area (Å²) in [6.45, 7) is 9.34. The number of aliphatic hydroxyl groups is 2. The van der Waals surface area contributed by atoms with Crippen LogP contribution >= 0.6 is 0 Å². The second-order valence-electron chi connectivity index (χ2n) is 14.8. The number of anilines is 4. The summed E-state index contributed by atoms with van der Waals surface area (Å²) < 4.78 is 11.6. The third-order valence-electron chi connectivity index (χ3n) is 10.8. The van der Waals surface area contributed by atoms with Crippen LogP contribution in [0.2, 0.25) is 0 Å². The molecule has 8 heteroatoms. The van der Waals surface area contributed by atoms with Gasteiger partial charge in [-0.15, -0.1) is 0 Å². The Hall–Kier alpha value is -6.22. The van der Waals surface area contributed by atoms with Crippen LogP contribution in [0.25, 0.3) is 0 Å². The summed E-state index contributed by atoms with van der Waals surface area (Å²) in [6.07, 6.45) is -0.595. The second-order valence-corrected chi connectivity index (χ2v) is 14.8. The zero-order valence-electron chi connectivity index (χ0n) is 35.1. The number of rotatable bonds is 19. The Labute approximate surface area is 354 Å². The van der Waals surface area contributed by atoms with Crippen molar-refractivity contribution in [3.05, 3.63) is 179 Å². The lowest BCUT2D eigenvalue weighted by molar-refractivity contribution is -0.162. The van der Waals surface area contributed by atoms with E-state index in [0.717, 1.165) is 82.1 Å². The maximum Gasteiger partial charge on any atom is 0.343 e. The average Bonchev–Trinajstić information content (AvgIpc) is 3.30. The van der Waals surface area contributed by atoms with Crippen LogP contribution in [-0.4, -0.2) is 47.4 Å². The summed E-state index contributed by atoms with van der Waals surface area (Å²) in [6, 6.07) is 49.1. The molecule has 0 saturated heterocycles. The molecular formula is C52H56N2O6. The summed E-state index contributed by atoms with van der Waals surface area (Å²) in [5.74, 6) is -1.57. The molecule has 6 aromatic carbocycles. The quantitative estimate of drug-likeness (QED) is 0.0617. The van der Waals surface area contributed by atoms with Crippen molar-refractivity contribution in [1.82, 2.24) is 0 Å². The molecule has 2 N–H and O–H groups in total. The van der Waals surface area contributed by atoms with Crippen molar-refractivity contribution < 1.29 is 29.3 Å². The van der Waals surface area contributed by atoms with Crippen LogP contribution < -0.4 is 19.3 Å². The minimum Gasteiger partial charge on any atom is -0.424 e. The van der Waals surface area contributed by atoms with Crippen molar-refractivity contribution in [3.8, 4) is 11.5 Å². The molecule has 2 atom stereocenters. The minimum absolute atomic E-state index is 0.339. The first-order valence-electron chi connectivity index (χ1n) is 21.1. The molecule has 0 spiro atoms. The normalized spacial score (nSPS) is 12.0. The lowest BCUT2D eigenvalue weighted by Crippen LogP contribution is -2.44. The topological polar surface area (TPSA) is 99.5 Å². The van der Waals surface area contributed by atoms with Crippen LogP contribution in [0.15, 0.2) is 146 Å². The molecule has 0 heterocycles. The summed E-state index contributed by atoms with van der Waals surface area (Å²) in [5, 5.41) is 22.0. The van der Waals surface area contributed by atoms with E-state index in [1.165, 1.54) is 0 Å². The van der Waals surface area contributed by atoms with Gasteiger partial charge in [-0.2, -0.15) is 0 Å². The van der Waals surface area contributed by atoms with Crippen molar-refractivity contribution in [3.63, 3.8) is 0 Å². The first-order chi connectivity index (χ1) is 29.2. The Bertz CT molecular complexity index is 2010. The Morgan fingerprint density at radius 1 is 0.450 bits per heavy atom. The summed E-state index contributed by atoms with van der Waals surface area (Å²) in [7, 11) is 0. The van der Waals surface area contributed by atoms with Crippen LogP contribution in [-0.2, 0) is 48.1 Å². The molecule has 0 aliphatic carbocycles. The maximum absolute atomic E-state index is 13.4. The van der Waals surface area contributed by atoms with Gasteiger partial charge in [-0.25, -0.2) is 9.59 Å². The molecule has 0 radical (unpaired) electrons. The third-order valence-corrected chi connectivity index (χ3v) is 10.8. The molecule has 0 aliphatic rings. The number of hydrogen-bond acceptors (Lipinski definition) is 8. The summed E-state index contributed by atoms with van der Waals surface area (Å²) in [4.78, 5) is 31.4. The van der Waals surface area contributed by atoms with E-state index in [0.29, 0.717) is 37.2 Å². The fraction of sp³-hybridized carbons (Fsp3) is 0.269. The number of hydrogen-bond donors (Lipinski definition) is 2. The van der Waals surface area contributed by atoms with E-state index in [1.54, 1.807) is 0 Å². The van der Waals surface area contributed by atoms with Gasteiger partial charge in [0, 0.05) is 35.8 Å². The van der Waals surface area contributed by atoms with Gasteiger partial charge in [0.25, 0.3) is 0 Å². The van der Waals surface area contributed by atoms with Crippen LogP contribution in [0.3, 0.4) is 0 Å². The third kappa shape index (κ3) is 10.7. The minimum atomic E-state index is -2.16. The summed E-state index contributed by atoms with van der Waals surface area (Å²) in [5.41, 5.74) is 9.70. The molecule has 2 unspecified atom stereocenters. The zero-order valence-corrected chi connectivity index (χ0v) is 35.1. The molecule has 60 heavy (non-hydrogen) atoms. The highest BCUT2D eigenvalue weighted by Crippen LogP contribution is 2.32. The van der Waals surface area contributed by atoms with Gasteiger partial charge in [-0.1, -0.05) is 125 Å². The molecule has 0 aliphatic heterocycles. The molecule has 0 aromatic heterocycles. The van der Waals surface area contributed by atoms with Gasteiger partial charge >= 0.3 is 11.9 Å². The van der Waals surface area contributed by atoms with Gasteiger partial charge in [0.2, 0.25) is 0 Å².